The second-order valence-corrected chi connectivity index (χ2v) is 7.87. The molecule has 1 saturated heterocycles. The van der Waals surface area contributed by atoms with Crippen LogP contribution in [-0.2, 0) is 4.79 Å². The molecule has 1 unspecified atom stereocenters. The fourth-order valence-corrected chi connectivity index (χ4v) is 4.47. The van der Waals surface area contributed by atoms with E-state index >= 15 is 0 Å². The van der Waals surface area contributed by atoms with Crippen molar-refractivity contribution in [3.63, 3.8) is 0 Å². The number of halogens is 1. The van der Waals surface area contributed by atoms with Crippen LogP contribution in [0.1, 0.15) is 22.8 Å². The third-order valence-corrected chi connectivity index (χ3v) is 5.98. The molecule has 0 bridgehead atoms. The van der Waals surface area contributed by atoms with Crippen molar-refractivity contribution in [2.45, 2.75) is 18.6 Å². The standard InChI is InChI=1S/C20H22ClNO2S/c1-15-6-8-16(9-7-15)24-14-20(23)22-11-10-19(25-13-12-22)17-4-2-3-5-18(17)21/h2-9,19H,10-14H2,1H3. The van der Waals surface area contributed by atoms with E-state index in [1.165, 1.54) is 11.1 Å². The van der Waals surface area contributed by atoms with Gasteiger partial charge < -0.3 is 9.64 Å². The van der Waals surface area contributed by atoms with Crippen LogP contribution in [0.3, 0.4) is 0 Å². The molecular weight excluding hydrogens is 354 g/mol. The lowest BCUT2D eigenvalue weighted by atomic mass is 10.1. The first-order valence-corrected chi connectivity index (χ1v) is 9.89. The number of aryl methyl sites for hydroxylation is 1. The molecule has 1 amide bonds. The first-order valence-electron chi connectivity index (χ1n) is 8.47. The number of carbonyl (C=O) groups excluding carboxylic acids is 1. The molecule has 1 aliphatic rings. The maximum Gasteiger partial charge on any atom is 0.260 e. The molecule has 2 aromatic carbocycles. The highest BCUT2D eigenvalue weighted by atomic mass is 35.5. The van der Waals surface area contributed by atoms with E-state index in [4.69, 9.17) is 16.3 Å². The summed E-state index contributed by atoms with van der Waals surface area (Å²) in [6.07, 6.45) is 0.907. The molecule has 0 aliphatic carbocycles. The molecule has 5 heteroatoms. The molecule has 1 atom stereocenters. The highest BCUT2D eigenvalue weighted by Crippen LogP contribution is 2.37. The molecule has 25 heavy (non-hydrogen) atoms. The van der Waals surface area contributed by atoms with Crippen molar-refractivity contribution >= 4 is 29.3 Å². The van der Waals surface area contributed by atoms with E-state index in [-0.39, 0.29) is 12.5 Å². The number of nitrogens with zero attached hydrogens (tertiary/aromatic N) is 1. The van der Waals surface area contributed by atoms with Gasteiger partial charge in [0.15, 0.2) is 6.61 Å². The van der Waals surface area contributed by atoms with Crippen LogP contribution in [0.2, 0.25) is 5.02 Å². The summed E-state index contributed by atoms with van der Waals surface area (Å²) in [5, 5.41) is 1.15. The van der Waals surface area contributed by atoms with Gasteiger partial charge in [-0.1, -0.05) is 47.5 Å². The van der Waals surface area contributed by atoms with E-state index in [1.807, 2.05) is 66.1 Å². The van der Waals surface area contributed by atoms with Gasteiger partial charge in [0.25, 0.3) is 5.91 Å². The average molecular weight is 376 g/mol. The Kier molecular flexibility index (Phi) is 6.27. The smallest absolute Gasteiger partial charge is 0.260 e. The van der Waals surface area contributed by atoms with E-state index in [2.05, 4.69) is 6.07 Å². The maximum atomic E-state index is 12.5. The minimum Gasteiger partial charge on any atom is -0.484 e. The van der Waals surface area contributed by atoms with Crippen LogP contribution in [0.4, 0.5) is 0 Å². The van der Waals surface area contributed by atoms with Gasteiger partial charge in [0.05, 0.1) is 0 Å². The highest BCUT2D eigenvalue weighted by molar-refractivity contribution is 7.99. The fraction of sp³-hybridized carbons (Fsp3) is 0.350. The van der Waals surface area contributed by atoms with E-state index in [0.717, 1.165) is 36.0 Å². The summed E-state index contributed by atoms with van der Waals surface area (Å²) in [5.41, 5.74) is 2.34. The number of hydrogen-bond donors (Lipinski definition) is 0. The number of rotatable bonds is 4. The molecule has 0 N–H and O–H groups in total. The lowest BCUT2D eigenvalue weighted by Gasteiger charge is -2.20. The Morgan fingerprint density at radius 2 is 1.96 bits per heavy atom. The van der Waals surface area contributed by atoms with Crippen molar-refractivity contribution in [2.24, 2.45) is 0 Å². The molecule has 132 valence electrons. The monoisotopic (exact) mass is 375 g/mol. The zero-order valence-corrected chi connectivity index (χ0v) is 15.9. The topological polar surface area (TPSA) is 29.5 Å². The molecule has 2 aromatic rings. The Morgan fingerprint density at radius 3 is 2.72 bits per heavy atom. The normalized spacial score (nSPS) is 17.8. The number of ether oxygens (including phenoxy) is 1. The van der Waals surface area contributed by atoms with Gasteiger partial charge in [0, 0.05) is 29.1 Å². The van der Waals surface area contributed by atoms with E-state index in [0.29, 0.717) is 5.25 Å². The fourth-order valence-electron chi connectivity index (χ4n) is 2.88. The van der Waals surface area contributed by atoms with Gasteiger partial charge in [-0.3, -0.25) is 4.79 Å². The zero-order valence-electron chi connectivity index (χ0n) is 14.3. The highest BCUT2D eigenvalue weighted by Gasteiger charge is 2.23. The first kappa shape index (κ1) is 18.2. The number of thioether (sulfide) groups is 1. The van der Waals surface area contributed by atoms with E-state index < -0.39 is 0 Å². The second-order valence-electron chi connectivity index (χ2n) is 6.15. The van der Waals surface area contributed by atoms with Gasteiger partial charge in [0.1, 0.15) is 5.75 Å². The van der Waals surface area contributed by atoms with Gasteiger partial charge in [-0.25, -0.2) is 0 Å². The first-order chi connectivity index (χ1) is 12.1. The number of amides is 1. The number of carbonyl (C=O) groups is 1. The number of hydrogen-bond acceptors (Lipinski definition) is 3. The van der Waals surface area contributed by atoms with Crippen LogP contribution in [0, 0.1) is 6.92 Å². The van der Waals surface area contributed by atoms with Crippen LogP contribution in [0.25, 0.3) is 0 Å². The zero-order chi connectivity index (χ0) is 17.6. The quantitative estimate of drug-likeness (QED) is 0.773. The molecule has 1 aliphatic heterocycles. The summed E-state index contributed by atoms with van der Waals surface area (Å²) in [6, 6.07) is 15.7. The minimum absolute atomic E-state index is 0.0426. The molecule has 3 nitrogen and oxygen atoms in total. The molecule has 0 aromatic heterocycles. The Bertz CT molecular complexity index is 720. The van der Waals surface area contributed by atoms with Crippen LogP contribution >= 0.6 is 23.4 Å². The summed E-state index contributed by atoms with van der Waals surface area (Å²) in [5.74, 6) is 1.68. The average Bonchev–Trinajstić information content (AvgIpc) is 2.87. The minimum atomic E-state index is 0.0426. The summed E-state index contributed by atoms with van der Waals surface area (Å²) < 4.78 is 5.63. The van der Waals surface area contributed by atoms with Crippen LogP contribution in [0.5, 0.6) is 5.75 Å². The molecule has 3 rings (SSSR count). The van der Waals surface area contributed by atoms with Crippen molar-refractivity contribution in [3.8, 4) is 5.75 Å². The summed E-state index contributed by atoms with van der Waals surface area (Å²) in [6.45, 7) is 3.60. The van der Waals surface area contributed by atoms with Crippen molar-refractivity contribution < 1.29 is 9.53 Å². The lowest BCUT2D eigenvalue weighted by Crippen LogP contribution is -2.36. The van der Waals surface area contributed by atoms with Gasteiger partial charge >= 0.3 is 0 Å². The van der Waals surface area contributed by atoms with Crippen molar-refractivity contribution in [2.75, 3.05) is 25.4 Å². The van der Waals surface area contributed by atoms with E-state index in [9.17, 15) is 4.79 Å². The Labute approximate surface area is 158 Å². The number of benzene rings is 2. The van der Waals surface area contributed by atoms with Crippen LogP contribution in [0.15, 0.2) is 48.5 Å². The van der Waals surface area contributed by atoms with Crippen molar-refractivity contribution in [3.05, 3.63) is 64.7 Å². The van der Waals surface area contributed by atoms with Gasteiger partial charge in [0.2, 0.25) is 0 Å². The predicted molar refractivity (Wildman–Crippen MR) is 105 cm³/mol. The molecule has 1 fully saturated rings. The summed E-state index contributed by atoms with van der Waals surface area (Å²) >= 11 is 8.19. The molecule has 0 saturated carbocycles. The SMILES string of the molecule is Cc1ccc(OCC(=O)N2CCSC(c3ccccc3Cl)CC2)cc1. The summed E-state index contributed by atoms with van der Waals surface area (Å²) in [4.78, 5) is 14.4. The lowest BCUT2D eigenvalue weighted by molar-refractivity contribution is -0.133. The van der Waals surface area contributed by atoms with Crippen molar-refractivity contribution in [1.82, 2.24) is 4.90 Å². The maximum absolute atomic E-state index is 12.5. The Hall–Kier alpha value is -1.65. The van der Waals surface area contributed by atoms with Crippen molar-refractivity contribution in [1.29, 1.82) is 0 Å². The van der Waals surface area contributed by atoms with Crippen LogP contribution < -0.4 is 4.74 Å². The Morgan fingerprint density at radius 1 is 1.20 bits per heavy atom. The molecule has 0 spiro atoms. The molecular formula is C20H22ClNO2S. The second kappa shape index (κ2) is 8.63. The van der Waals surface area contributed by atoms with Gasteiger partial charge in [-0.2, -0.15) is 11.8 Å². The largest absolute Gasteiger partial charge is 0.484 e. The Balaban J connectivity index is 1.54. The summed E-state index contributed by atoms with van der Waals surface area (Å²) in [7, 11) is 0. The predicted octanol–water partition coefficient (Wildman–Crippen LogP) is 4.73. The third-order valence-electron chi connectivity index (χ3n) is 4.33. The molecule has 1 heterocycles. The van der Waals surface area contributed by atoms with Crippen LogP contribution in [-0.4, -0.2) is 36.3 Å². The molecule has 0 radical (unpaired) electrons. The van der Waals surface area contributed by atoms with Gasteiger partial charge in [-0.05, 0) is 37.1 Å². The van der Waals surface area contributed by atoms with E-state index in [1.54, 1.807) is 0 Å². The van der Waals surface area contributed by atoms with Gasteiger partial charge in [-0.15, -0.1) is 0 Å². The third kappa shape index (κ3) is 4.93.